The Bertz CT molecular complexity index is 597. The van der Waals surface area contributed by atoms with Crippen LogP contribution in [0.3, 0.4) is 0 Å². The fraction of sp³-hybridized carbons (Fsp3) is 0. The van der Waals surface area contributed by atoms with Crippen molar-refractivity contribution in [3.05, 3.63) is 30.5 Å². The van der Waals surface area contributed by atoms with Crippen LogP contribution in [-0.4, -0.2) is 15.1 Å². The van der Waals surface area contributed by atoms with E-state index in [4.69, 9.17) is 10.3 Å². The molecule has 0 aliphatic heterocycles. The number of nitrogens with zero attached hydrogens (tertiary/aromatic N) is 2. The summed E-state index contributed by atoms with van der Waals surface area (Å²) >= 11 is 0. The van der Waals surface area contributed by atoms with E-state index in [0.717, 1.165) is 11.0 Å². The predicted octanol–water partition coefficient (Wildman–Crippen LogP) is 1.80. The summed E-state index contributed by atoms with van der Waals surface area (Å²) in [7, 11) is 0. The highest BCUT2D eigenvalue weighted by Crippen LogP contribution is 2.20. The first-order valence-corrected chi connectivity index (χ1v) is 4.49. The smallest absolute Gasteiger partial charge is 0.160 e. The summed E-state index contributed by atoms with van der Waals surface area (Å²) in [5, 5.41) is 3.80. The van der Waals surface area contributed by atoms with Gasteiger partial charge in [-0.3, -0.25) is 0 Å². The number of aromatic amines is 1. The molecule has 2 aromatic heterocycles. The number of rotatable bonds is 1. The van der Waals surface area contributed by atoms with Gasteiger partial charge in [0, 0.05) is 11.8 Å². The van der Waals surface area contributed by atoms with Crippen LogP contribution in [0, 0.1) is 0 Å². The number of hydrogen-bond acceptors (Lipinski definition) is 4. The van der Waals surface area contributed by atoms with E-state index >= 15 is 0 Å². The third-order valence-corrected chi connectivity index (χ3v) is 2.19. The highest BCUT2D eigenvalue weighted by molar-refractivity contribution is 5.81. The Kier molecular flexibility index (Phi) is 1.53. The normalized spacial score (nSPS) is 10.9. The molecule has 0 saturated carbocycles. The minimum absolute atomic E-state index is 0.685. The van der Waals surface area contributed by atoms with Crippen molar-refractivity contribution in [2.75, 3.05) is 5.73 Å². The van der Waals surface area contributed by atoms with Gasteiger partial charge in [0.15, 0.2) is 5.82 Å². The number of hydrogen-bond donors (Lipinski definition) is 2. The maximum Gasteiger partial charge on any atom is 0.160 e. The largest absolute Gasteiger partial charge is 0.399 e. The highest BCUT2D eigenvalue weighted by Gasteiger charge is 2.07. The Morgan fingerprint density at radius 1 is 1.27 bits per heavy atom. The summed E-state index contributed by atoms with van der Waals surface area (Å²) in [4.78, 5) is 7.49. The molecule has 5 heteroatoms. The number of nitrogen functional groups attached to an aromatic ring is 1. The van der Waals surface area contributed by atoms with Crippen molar-refractivity contribution in [1.82, 2.24) is 15.1 Å². The first kappa shape index (κ1) is 8.05. The summed E-state index contributed by atoms with van der Waals surface area (Å²) in [6, 6.07) is 7.27. The summed E-state index contributed by atoms with van der Waals surface area (Å²) in [6.07, 6.45) is 1.51. The van der Waals surface area contributed by atoms with Crippen molar-refractivity contribution in [3.8, 4) is 11.5 Å². The van der Waals surface area contributed by atoms with Gasteiger partial charge in [-0.2, -0.15) is 0 Å². The van der Waals surface area contributed by atoms with Crippen LogP contribution in [-0.2, 0) is 0 Å². The van der Waals surface area contributed by atoms with Crippen molar-refractivity contribution in [1.29, 1.82) is 0 Å². The molecule has 0 atom stereocenters. The summed E-state index contributed by atoms with van der Waals surface area (Å²) in [5.41, 5.74) is 8.82. The second kappa shape index (κ2) is 2.84. The minimum Gasteiger partial charge on any atom is -0.399 e. The number of fused-ring (bicyclic) bond motifs is 1. The lowest BCUT2D eigenvalue weighted by molar-refractivity contribution is 0.422. The second-order valence-corrected chi connectivity index (χ2v) is 3.25. The van der Waals surface area contributed by atoms with Crippen molar-refractivity contribution >= 4 is 16.7 Å². The number of anilines is 1. The third kappa shape index (κ3) is 1.25. The molecule has 0 bridgehead atoms. The van der Waals surface area contributed by atoms with Gasteiger partial charge in [0.2, 0.25) is 0 Å². The Balaban J connectivity index is 2.22. The average Bonchev–Trinajstić information content (AvgIpc) is 2.84. The molecule has 3 aromatic rings. The van der Waals surface area contributed by atoms with E-state index in [2.05, 4.69) is 15.1 Å². The standard InChI is InChI=1S/C10H8N4O/c11-6-1-2-7-9(5-6)13-10(12-7)8-3-4-15-14-8/h1-5H,11H2,(H,12,13). The number of benzene rings is 1. The van der Waals surface area contributed by atoms with E-state index in [1.165, 1.54) is 6.26 Å². The molecule has 5 nitrogen and oxygen atoms in total. The number of imidazole rings is 1. The van der Waals surface area contributed by atoms with Crippen LogP contribution in [0.4, 0.5) is 5.69 Å². The molecular weight excluding hydrogens is 192 g/mol. The second-order valence-electron chi connectivity index (χ2n) is 3.25. The van der Waals surface area contributed by atoms with Gasteiger partial charge in [-0.15, -0.1) is 0 Å². The molecule has 0 unspecified atom stereocenters. The van der Waals surface area contributed by atoms with Gasteiger partial charge < -0.3 is 15.2 Å². The number of nitrogens with two attached hydrogens (primary N) is 1. The lowest BCUT2D eigenvalue weighted by Gasteiger charge is -1.89. The molecule has 15 heavy (non-hydrogen) atoms. The minimum atomic E-state index is 0.685. The number of aromatic nitrogens is 3. The molecule has 0 aliphatic rings. The van der Waals surface area contributed by atoms with Gasteiger partial charge in [0.25, 0.3) is 0 Å². The zero-order valence-electron chi connectivity index (χ0n) is 7.77. The number of nitrogens with one attached hydrogen (secondary N) is 1. The lowest BCUT2D eigenvalue weighted by atomic mass is 10.3. The molecule has 3 N–H and O–H groups in total. The zero-order chi connectivity index (χ0) is 10.3. The van der Waals surface area contributed by atoms with Gasteiger partial charge >= 0.3 is 0 Å². The molecule has 3 rings (SSSR count). The fourth-order valence-corrected chi connectivity index (χ4v) is 1.48. The van der Waals surface area contributed by atoms with Crippen LogP contribution in [0.15, 0.2) is 35.1 Å². The number of H-pyrrole nitrogens is 1. The van der Waals surface area contributed by atoms with Crippen LogP contribution in [0.25, 0.3) is 22.6 Å². The Morgan fingerprint density at radius 3 is 3.00 bits per heavy atom. The molecule has 2 heterocycles. The average molecular weight is 200 g/mol. The quantitative estimate of drug-likeness (QED) is 0.587. The van der Waals surface area contributed by atoms with Gasteiger partial charge in [-0.05, 0) is 18.2 Å². The van der Waals surface area contributed by atoms with Gasteiger partial charge in [0.05, 0.1) is 11.0 Å². The molecule has 1 aromatic carbocycles. The molecule has 0 fully saturated rings. The van der Waals surface area contributed by atoms with E-state index in [1.807, 2.05) is 18.2 Å². The fourth-order valence-electron chi connectivity index (χ4n) is 1.48. The zero-order valence-corrected chi connectivity index (χ0v) is 7.77. The molecular formula is C10H8N4O. The molecule has 74 valence electrons. The lowest BCUT2D eigenvalue weighted by Crippen LogP contribution is -1.82. The third-order valence-electron chi connectivity index (χ3n) is 2.19. The van der Waals surface area contributed by atoms with Gasteiger partial charge in [0.1, 0.15) is 12.0 Å². The van der Waals surface area contributed by atoms with E-state index in [1.54, 1.807) is 6.07 Å². The van der Waals surface area contributed by atoms with Crippen molar-refractivity contribution < 1.29 is 4.52 Å². The molecule has 0 amide bonds. The molecule has 0 radical (unpaired) electrons. The van der Waals surface area contributed by atoms with Crippen LogP contribution >= 0.6 is 0 Å². The van der Waals surface area contributed by atoms with E-state index in [9.17, 15) is 0 Å². The van der Waals surface area contributed by atoms with Crippen molar-refractivity contribution in [2.24, 2.45) is 0 Å². The summed E-state index contributed by atoms with van der Waals surface area (Å²) < 4.78 is 4.75. The Morgan fingerprint density at radius 2 is 2.20 bits per heavy atom. The predicted molar refractivity (Wildman–Crippen MR) is 56.0 cm³/mol. The summed E-state index contributed by atoms with van der Waals surface area (Å²) in [6.45, 7) is 0. The maximum atomic E-state index is 5.67. The highest BCUT2D eigenvalue weighted by atomic mass is 16.5. The van der Waals surface area contributed by atoms with Crippen LogP contribution in [0.2, 0.25) is 0 Å². The monoisotopic (exact) mass is 200 g/mol. The SMILES string of the molecule is Nc1ccc2nc(-c3ccon3)[nH]c2c1. The molecule has 0 spiro atoms. The molecule has 0 aliphatic carbocycles. The van der Waals surface area contributed by atoms with E-state index < -0.39 is 0 Å². The first-order chi connectivity index (χ1) is 7.33. The van der Waals surface area contributed by atoms with Crippen LogP contribution in [0.5, 0.6) is 0 Å². The van der Waals surface area contributed by atoms with Crippen molar-refractivity contribution in [2.45, 2.75) is 0 Å². The Labute approximate surface area is 84.9 Å². The van der Waals surface area contributed by atoms with Crippen LogP contribution < -0.4 is 5.73 Å². The first-order valence-electron chi connectivity index (χ1n) is 4.49. The Hall–Kier alpha value is -2.30. The van der Waals surface area contributed by atoms with Gasteiger partial charge in [-0.1, -0.05) is 5.16 Å². The van der Waals surface area contributed by atoms with E-state index in [-0.39, 0.29) is 0 Å². The summed E-state index contributed by atoms with van der Waals surface area (Å²) in [5.74, 6) is 0.685. The topological polar surface area (TPSA) is 80.7 Å². The van der Waals surface area contributed by atoms with Crippen molar-refractivity contribution in [3.63, 3.8) is 0 Å². The van der Waals surface area contributed by atoms with Crippen LogP contribution in [0.1, 0.15) is 0 Å². The van der Waals surface area contributed by atoms with E-state index in [0.29, 0.717) is 17.2 Å². The van der Waals surface area contributed by atoms with Gasteiger partial charge in [-0.25, -0.2) is 4.98 Å². The maximum absolute atomic E-state index is 5.67. The molecule has 0 saturated heterocycles.